The number of amides is 1. The van der Waals surface area contributed by atoms with Crippen molar-refractivity contribution in [3.63, 3.8) is 0 Å². The van der Waals surface area contributed by atoms with E-state index in [1.165, 1.54) is 11.3 Å². The first-order chi connectivity index (χ1) is 15.0. The number of hydrogen-bond acceptors (Lipinski definition) is 6. The second-order valence-electron chi connectivity index (χ2n) is 7.28. The SMILES string of the molecule is COc1cc(OC)cc(C(=O)N(Cc2cccnc2)c2nc3cc(C)cc(C)c3s2)c1. The van der Waals surface area contributed by atoms with E-state index in [1.807, 2.05) is 25.1 Å². The predicted molar refractivity (Wildman–Crippen MR) is 123 cm³/mol. The fourth-order valence-electron chi connectivity index (χ4n) is 3.47. The highest BCUT2D eigenvalue weighted by molar-refractivity contribution is 7.22. The number of anilines is 1. The van der Waals surface area contributed by atoms with Crippen LogP contribution in [0.5, 0.6) is 11.5 Å². The summed E-state index contributed by atoms with van der Waals surface area (Å²) in [7, 11) is 3.13. The van der Waals surface area contributed by atoms with E-state index in [1.54, 1.807) is 49.7 Å². The minimum absolute atomic E-state index is 0.186. The van der Waals surface area contributed by atoms with Gasteiger partial charge in [0.2, 0.25) is 0 Å². The van der Waals surface area contributed by atoms with Gasteiger partial charge in [0.25, 0.3) is 5.91 Å². The Hall–Kier alpha value is -3.45. The molecule has 158 valence electrons. The number of benzene rings is 2. The van der Waals surface area contributed by atoms with Gasteiger partial charge in [0.15, 0.2) is 5.13 Å². The first-order valence-corrected chi connectivity index (χ1v) is 10.6. The van der Waals surface area contributed by atoms with Gasteiger partial charge in [-0.1, -0.05) is 23.5 Å². The van der Waals surface area contributed by atoms with Crippen LogP contribution in [0.2, 0.25) is 0 Å². The standard InChI is InChI=1S/C24H23N3O3S/c1-15-8-16(2)22-21(9-15)26-24(31-22)27(14-17-6-5-7-25-13-17)23(28)18-10-19(29-3)12-20(11-18)30-4/h5-13H,14H2,1-4H3. The van der Waals surface area contributed by atoms with Gasteiger partial charge in [0.1, 0.15) is 11.5 Å². The molecule has 0 aliphatic carbocycles. The van der Waals surface area contributed by atoms with Crippen LogP contribution >= 0.6 is 11.3 Å². The molecule has 0 radical (unpaired) electrons. The zero-order valence-electron chi connectivity index (χ0n) is 17.9. The van der Waals surface area contributed by atoms with Crippen LogP contribution in [0.15, 0.2) is 54.9 Å². The van der Waals surface area contributed by atoms with Crippen LogP contribution in [-0.2, 0) is 6.54 Å². The molecule has 4 rings (SSSR count). The van der Waals surface area contributed by atoms with Gasteiger partial charge >= 0.3 is 0 Å². The van der Waals surface area contributed by atoms with Crippen LogP contribution < -0.4 is 14.4 Å². The third-order valence-corrected chi connectivity index (χ3v) is 6.18. The molecule has 0 saturated carbocycles. The van der Waals surface area contributed by atoms with Gasteiger partial charge in [-0.3, -0.25) is 14.7 Å². The molecule has 0 atom stereocenters. The Bertz CT molecular complexity index is 1220. The number of pyridine rings is 1. The third kappa shape index (κ3) is 4.36. The Morgan fingerprint density at radius 3 is 2.45 bits per heavy atom. The summed E-state index contributed by atoms with van der Waals surface area (Å²) < 4.78 is 11.8. The molecule has 0 spiro atoms. The summed E-state index contributed by atoms with van der Waals surface area (Å²) in [6.07, 6.45) is 3.47. The number of carbonyl (C=O) groups is 1. The van der Waals surface area contributed by atoms with Crippen molar-refractivity contribution in [2.24, 2.45) is 0 Å². The highest BCUT2D eigenvalue weighted by Crippen LogP contribution is 2.34. The van der Waals surface area contributed by atoms with Crippen molar-refractivity contribution in [1.29, 1.82) is 0 Å². The highest BCUT2D eigenvalue weighted by atomic mass is 32.1. The minimum Gasteiger partial charge on any atom is -0.497 e. The molecule has 2 aromatic carbocycles. The third-order valence-electron chi connectivity index (χ3n) is 4.95. The largest absolute Gasteiger partial charge is 0.497 e. The minimum atomic E-state index is -0.186. The maximum atomic E-state index is 13.7. The monoisotopic (exact) mass is 433 g/mol. The zero-order chi connectivity index (χ0) is 22.0. The molecule has 4 aromatic rings. The molecule has 0 saturated heterocycles. The number of aryl methyl sites for hydroxylation is 2. The maximum Gasteiger partial charge on any atom is 0.260 e. The molecule has 1 amide bonds. The summed E-state index contributed by atoms with van der Waals surface area (Å²) in [6, 6.07) is 13.1. The number of thiazole rings is 1. The smallest absolute Gasteiger partial charge is 0.260 e. The first-order valence-electron chi connectivity index (χ1n) is 9.80. The lowest BCUT2D eigenvalue weighted by atomic mass is 10.1. The lowest BCUT2D eigenvalue weighted by Crippen LogP contribution is -2.30. The van der Waals surface area contributed by atoms with Crippen LogP contribution in [0.1, 0.15) is 27.0 Å². The summed E-state index contributed by atoms with van der Waals surface area (Å²) in [6.45, 7) is 4.47. The lowest BCUT2D eigenvalue weighted by molar-refractivity contribution is 0.0984. The van der Waals surface area contributed by atoms with E-state index in [0.717, 1.165) is 26.9 Å². The molecular formula is C24H23N3O3S. The van der Waals surface area contributed by atoms with Crippen LogP contribution in [-0.4, -0.2) is 30.1 Å². The van der Waals surface area contributed by atoms with Crippen molar-refractivity contribution < 1.29 is 14.3 Å². The topological polar surface area (TPSA) is 64.6 Å². The van der Waals surface area contributed by atoms with Gasteiger partial charge in [0, 0.05) is 24.0 Å². The molecule has 31 heavy (non-hydrogen) atoms. The van der Waals surface area contributed by atoms with Gasteiger partial charge in [-0.25, -0.2) is 4.98 Å². The van der Waals surface area contributed by atoms with Crippen molar-refractivity contribution in [1.82, 2.24) is 9.97 Å². The number of hydrogen-bond donors (Lipinski definition) is 0. The van der Waals surface area contributed by atoms with Crippen molar-refractivity contribution in [2.75, 3.05) is 19.1 Å². The van der Waals surface area contributed by atoms with Gasteiger partial charge in [-0.2, -0.15) is 0 Å². The van der Waals surface area contributed by atoms with Gasteiger partial charge < -0.3 is 9.47 Å². The Kier molecular flexibility index (Phi) is 5.86. The van der Waals surface area contributed by atoms with E-state index in [0.29, 0.717) is 28.7 Å². The molecule has 0 bridgehead atoms. The number of nitrogens with zero attached hydrogens (tertiary/aromatic N) is 3. The highest BCUT2D eigenvalue weighted by Gasteiger charge is 2.23. The Morgan fingerprint density at radius 1 is 1.06 bits per heavy atom. The van der Waals surface area contributed by atoms with Crippen molar-refractivity contribution in [3.05, 3.63) is 77.1 Å². The van der Waals surface area contributed by atoms with Gasteiger partial charge in [-0.15, -0.1) is 0 Å². The number of ether oxygens (including phenoxy) is 2. The van der Waals surface area contributed by atoms with Crippen molar-refractivity contribution in [2.45, 2.75) is 20.4 Å². The molecule has 0 N–H and O–H groups in total. The second-order valence-corrected chi connectivity index (χ2v) is 8.26. The van der Waals surface area contributed by atoms with E-state index < -0.39 is 0 Å². The summed E-state index contributed by atoms with van der Waals surface area (Å²) in [5, 5.41) is 0.638. The summed E-state index contributed by atoms with van der Waals surface area (Å²) in [5.74, 6) is 0.925. The lowest BCUT2D eigenvalue weighted by Gasteiger charge is -2.20. The molecule has 2 aromatic heterocycles. The molecule has 7 heteroatoms. The molecule has 0 fully saturated rings. The van der Waals surface area contributed by atoms with Gasteiger partial charge in [0.05, 0.1) is 31.0 Å². The quantitative estimate of drug-likeness (QED) is 0.420. The first kappa shape index (κ1) is 20.8. The van der Waals surface area contributed by atoms with Gasteiger partial charge in [-0.05, 0) is 54.8 Å². The number of methoxy groups -OCH3 is 2. The molecule has 6 nitrogen and oxygen atoms in total. The maximum absolute atomic E-state index is 13.7. The van der Waals surface area contributed by atoms with E-state index in [4.69, 9.17) is 14.5 Å². The van der Waals surface area contributed by atoms with E-state index in [9.17, 15) is 4.79 Å². The average molecular weight is 434 g/mol. The molecule has 2 heterocycles. The average Bonchev–Trinajstić information content (AvgIpc) is 3.21. The molecular weight excluding hydrogens is 410 g/mol. The number of fused-ring (bicyclic) bond motifs is 1. The zero-order valence-corrected chi connectivity index (χ0v) is 18.7. The molecule has 0 aliphatic rings. The van der Waals surface area contributed by atoms with E-state index >= 15 is 0 Å². The summed E-state index contributed by atoms with van der Waals surface area (Å²) in [4.78, 5) is 24.4. The normalized spacial score (nSPS) is 10.8. The van der Waals surface area contributed by atoms with Crippen molar-refractivity contribution >= 4 is 32.6 Å². The molecule has 0 aliphatic heterocycles. The Balaban J connectivity index is 1.82. The predicted octanol–water partition coefficient (Wildman–Crippen LogP) is 5.17. The Morgan fingerprint density at radius 2 is 1.81 bits per heavy atom. The fraction of sp³-hybridized carbons (Fsp3) is 0.208. The van der Waals surface area contributed by atoms with Crippen molar-refractivity contribution in [3.8, 4) is 11.5 Å². The number of aromatic nitrogens is 2. The van der Waals surface area contributed by atoms with E-state index in [-0.39, 0.29) is 5.91 Å². The molecule has 0 unspecified atom stereocenters. The summed E-state index contributed by atoms with van der Waals surface area (Å²) >= 11 is 1.51. The number of rotatable bonds is 6. The second kappa shape index (κ2) is 8.73. The van der Waals surface area contributed by atoms with Crippen LogP contribution in [0.3, 0.4) is 0 Å². The van der Waals surface area contributed by atoms with Crippen LogP contribution in [0, 0.1) is 13.8 Å². The Labute approximate surface area is 185 Å². The fourth-order valence-corrected chi connectivity index (χ4v) is 4.48. The number of carbonyl (C=O) groups excluding carboxylic acids is 1. The van der Waals surface area contributed by atoms with Crippen LogP contribution in [0.25, 0.3) is 10.2 Å². The summed E-state index contributed by atoms with van der Waals surface area (Å²) in [5.41, 5.74) is 4.56. The van der Waals surface area contributed by atoms with E-state index in [2.05, 4.69) is 18.0 Å². The van der Waals surface area contributed by atoms with Crippen LogP contribution in [0.4, 0.5) is 5.13 Å².